The Morgan fingerprint density at radius 1 is 1.27 bits per heavy atom. The van der Waals surface area contributed by atoms with Crippen LogP contribution in [0.4, 0.5) is 8.78 Å². The van der Waals surface area contributed by atoms with E-state index in [4.69, 9.17) is 21.3 Å². The second-order valence-corrected chi connectivity index (χ2v) is 13.6. The summed E-state index contributed by atoms with van der Waals surface area (Å²) in [6.07, 6.45) is 4.97. The van der Waals surface area contributed by atoms with Crippen molar-refractivity contribution in [3.8, 4) is 23.0 Å². The average Bonchev–Trinajstić information content (AvgIpc) is 3.32. The molecule has 45 heavy (non-hydrogen) atoms. The Labute approximate surface area is 268 Å². The Kier molecular flexibility index (Phi) is 7.54. The molecule has 4 heterocycles. The third kappa shape index (κ3) is 5.25. The molecule has 1 spiro atoms. The van der Waals surface area contributed by atoms with E-state index >= 15 is 0 Å². The molecule has 0 bridgehead atoms. The molecular weight excluding hydrogens is 618 g/mol. The number of benzene rings is 1. The first kappa shape index (κ1) is 30.0. The van der Waals surface area contributed by atoms with Crippen molar-refractivity contribution in [3.05, 3.63) is 79.4 Å². The van der Waals surface area contributed by atoms with E-state index in [1.165, 1.54) is 18.4 Å². The standard InChI is InChI=1S/C34H31ClF2N4O3S/c1-20-39-28-9-8-23(40-13-4-11-33(19-40)18-34(33,36)37)16-26(28)31(42)41(20)14-3-5-21-6-7-22(35)15-25(21)24-10-12-38-29-27(32(43)44-2)17-45-30(24)29/h6-7,10,12,15,17,23H,4,8-9,11,13-14,16,18-19H2,1-2H3. The number of thiophene rings is 1. The van der Waals surface area contributed by atoms with Crippen molar-refractivity contribution in [2.24, 2.45) is 5.41 Å². The lowest BCUT2D eigenvalue weighted by Crippen LogP contribution is -2.48. The number of hydrogen-bond donors (Lipinski definition) is 0. The second-order valence-electron chi connectivity index (χ2n) is 12.3. The molecule has 2 atom stereocenters. The van der Waals surface area contributed by atoms with Gasteiger partial charge in [-0.05, 0) is 69.8 Å². The Bertz CT molecular complexity index is 1980. The number of piperidine rings is 1. The molecule has 3 aliphatic rings. The molecule has 1 aromatic carbocycles. The number of methoxy groups -OCH3 is 1. The van der Waals surface area contributed by atoms with E-state index in [1.54, 1.807) is 22.2 Å². The van der Waals surface area contributed by atoms with Gasteiger partial charge in [-0.3, -0.25) is 19.2 Å². The van der Waals surface area contributed by atoms with Crippen LogP contribution in [0.2, 0.25) is 5.02 Å². The second kappa shape index (κ2) is 11.3. The van der Waals surface area contributed by atoms with Gasteiger partial charge in [0.2, 0.25) is 0 Å². The van der Waals surface area contributed by atoms with E-state index in [0.717, 1.165) is 40.9 Å². The van der Waals surface area contributed by atoms with Crippen LogP contribution >= 0.6 is 22.9 Å². The Morgan fingerprint density at radius 2 is 2.09 bits per heavy atom. The molecular formula is C34H31ClF2N4O3S. The van der Waals surface area contributed by atoms with Gasteiger partial charge < -0.3 is 4.74 Å². The van der Waals surface area contributed by atoms with Crippen LogP contribution in [-0.2, 0) is 24.1 Å². The lowest BCUT2D eigenvalue weighted by Gasteiger charge is -2.40. The van der Waals surface area contributed by atoms with Gasteiger partial charge in [0.1, 0.15) is 5.82 Å². The third-order valence-electron chi connectivity index (χ3n) is 9.62. The highest BCUT2D eigenvalue weighted by atomic mass is 35.5. The number of aryl methyl sites for hydroxylation is 2. The summed E-state index contributed by atoms with van der Waals surface area (Å²) < 4.78 is 35.7. The number of rotatable bonds is 4. The number of carbonyl (C=O) groups excluding carboxylic acids is 1. The number of pyridine rings is 1. The van der Waals surface area contributed by atoms with Crippen LogP contribution < -0.4 is 5.56 Å². The average molecular weight is 649 g/mol. The molecule has 11 heteroatoms. The highest BCUT2D eigenvalue weighted by Gasteiger charge is 2.71. The predicted octanol–water partition coefficient (Wildman–Crippen LogP) is 6.30. The van der Waals surface area contributed by atoms with E-state index in [2.05, 4.69) is 21.7 Å². The Morgan fingerprint density at radius 3 is 2.87 bits per heavy atom. The van der Waals surface area contributed by atoms with Crippen molar-refractivity contribution in [1.82, 2.24) is 19.4 Å². The van der Waals surface area contributed by atoms with Gasteiger partial charge in [-0.2, -0.15) is 0 Å². The molecule has 232 valence electrons. The van der Waals surface area contributed by atoms with Gasteiger partial charge in [-0.1, -0.05) is 23.4 Å². The molecule has 0 amide bonds. The molecule has 2 fully saturated rings. The normalized spacial score (nSPS) is 22.1. The number of alkyl halides is 2. The van der Waals surface area contributed by atoms with E-state index < -0.39 is 17.3 Å². The summed E-state index contributed by atoms with van der Waals surface area (Å²) in [5.41, 5.74) is 3.79. The molecule has 0 radical (unpaired) electrons. The monoisotopic (exact) mass is 648 g/mol. The Hall–Kier alpha value is -3.65. The topological polar surface area (TPSA) is 77.3 Å². The molecule has 3 aromatic heterocycles. The van der Waals surface area contributed by atoms with Crippen LogP contribution in [0.5, 0.6) is 0 Å². The van der Waals surface area contributed by atoms with Crippen molar-refractivity contribution >= 4 is 39.1 Å². The maximum Gasteiger partial charge on any atom is 0.340 e. The summed E-state index contributed by atoms with van der Waals surface area (Å²) in [5.74, 6) is 3.98. The SMILES string of the molecule is COC(=O)c1csc2c(-c3cc(Cl)ccc3C#CCn3c(C)nc4c(c3=O)CC(N3CCCC5(C3)CC5(F)F)CC4)ccnc12. The summed E-state index contributed by atoms with van der Waals surface area (Å²) in [5, 5.41) is 2.27. The molecule has 7 rings (SSSR count). The van der Waals surface area contributed by atoms with Crippen molar-refractivity contribution in [2.45, 2.75) is 64.0 Å². The maximum atomic E-state index is 14.2. The fourth-order valence-electron chi connectivity index (χ4n) is 7.07. The van der Waals surface area contributed by atoms with Gasteiger partial charge in [0.15, 0.2) is 0 Å². The van der Waals surface area contributed by atoms with E-state index in [-0.39, 0.29) is 24.6 Å². The number of hydrogen-bond acceptors (Lipinski definition) is 7. The molecule has 2 unspecified atom stereocenters. The van der Waals surface area contributed by atoms with Crippen LogP contribution in [0.1, 0.15) is 58.7 Å². The van der Waals surface area contributed by atoms with Crippen molar-refractivity contribution in [2.75, 3.05) is 20.2 Å². The lowest BCUT2D eigenvalue weighted by atomic mass is 9.87. The quantitative estimate of drug-likeness (QED) is 0.191. The summed E-state index contributed by atoms with van der Waals surface area (Å²) in [4.78, 5) is 37.4. The first-order chi connectivity index (χ1) is 21.6. The van der Waals surface area contributed by atoms with Crippen LogP contribution in [0.25, 0.3) is 21.3 Å². The number of aromatic nitrogens is 3. The molecule has 1 saturated heterocycles. The summed E-state index contributed by atoms with van der Waals surface area (Å²) >= 11 is 7.80. The zero-order valence-electron chi connectivity index (χ0n) is 25.0. The highest BCUT2D eigenvalue weighted by molar-refractivity contribution is 7.18. The van der Waals surface area contributed by atoms with Gasteiger partial charge in [0.05, 0.1) is 40.5 Å². The van der Waals surface area contributed by atoms with E-state index in [9.17, 15) is 18.4 Å². The molecule has 0 N–H and O–H groups in total. The van der Waals surface area contributed by atoms with Gasteiger partial charge in [-0.15, -0.1) is 11.3 Å². The van der Waals surface area contributed by atoms with Crippen molar-refractivity contribution in [3.63, 3.8) is 0 Å². The number of fused-ring (bicyclic) bond motifs is 2. The van der Waals surface area contributed by atoms with Crippen LogP contribution in [0.3, 0.4) is 0 Å². The number of ether oxygens (including phenoxy) is 1. The van der Waals surface area contributed by atoms with Crippen LogP contribution in [0.15, 0.2) is 40.6 Å². The van der Waals surface area contributed by atoms with Crippen LogP contribution in [-0.4, -0.2) is 57.6 Å². The summed E-state index contributed by atoms with van der Waals surface area (Å²) in [6, 6.07) is 7.36. The van der Waals surface area contributed by atoms with Gasteiger partial charge in [0.25, 0.3) is 11.5 Å². The molecule has 2 aliphatic carbocycles. The smallest absolute Gasteiger partial charge is 0.340 e. The zero-order valence-corrected chi connectivity index (χ0v) is 26.5. The number of nitrogens with zero attached hydrogens (tertiary/aromatic N) is 4. The van der Waals surface area contributed by atoms with Gasteiger partial charge >= 0.3 is 5.97 Å². The largest absolute Gasteiger partial charge is 0.465 e. The fraction of sp³-hybridized carbons (Fsp3) is 0.412. The minimum absolute atomic E-state index is 0.0186. The third-order valence-corrected chi connectivity index (χ3v) is 10.9. The van der Waals surface area contributed by atoms with Gasteiger partial charge in [0, 0.05) is 57.9 Å². The van der Waals surface area contributed by atoms with E-state index in [1.807, 2.05) is 25.1 Å². The maximum absolute atomic E-state index is 14.2. The first-order valence-electron chi connectivity index (χ1n) is 15.1. The number of likely N-dealkylation sites (tertiary alicyclic amines) is 1. The number of halogens is 3. The Balaban J connectivity index is 1.16. The molecule has 4 aromatic rings. The number of esters is 1. The first-order valence-corrected chi connectivity index (χ1v) is 16.3. The fourth-order valence-corrected chi connectivity index (χ4v) is 8.27. The summed E-state index contributed by atoms with van der Waals surface area (Å²) in [7, 11) is 1.34. The van der Waals surface area contributed by atoms with E-state index in [0.29, 0.717) is 58.9 Å². The van der Waals surface area contributed by atoms with Crippen molar-refractivity contribution < 1.29 is 18.3 Å². The minimum atomic E-state index is -2.56. The van der Waals surface area contributed by atoms with Crippen molar-refractivity contribution in [1.29, 1.82) is 0 Å². The molecule has 1 saturated carbocycles. The van der Waals surface area contributed by atoms with Gasteiger partial charge in [-0.25, -0.2) is 18.6 Å². The molecule has 1 aliphatic heterocycles. The minimum Gasteiger partial charge on any atom is -0.465 e. The van der Waals surface area contributed by atoms with Crippen LogP contribution in [0, 0.1) is 24.2 Å². The summed E-state index contributed by atoms with van der Waals surface area (Å²) in [6.45, 7) is 3.16. The number of carbonyl (C=O) groups is 1. The highest BCUT2D eigenvalue weighted by Crippen LogP contribution is 2.64. The predicted molar refractivity (Wildman–Crippen MR) is 170 cm³/mol. The zero-order chi connectivity index (χ0) is 31.5. The lowest BCUT2D eigenvalue weighted by molar-refractivity contribution is 0.0105. The molecule has 7 nitrogen and oxygen atoms in total.